The first-order valence-corrected chi connectivity index (χ1v) is 8.11. The minimum atomic E-state index is -0.232. The molecule has 6 heteroatoms. The van der Waals surface area contributed by atoms with Crippen molar-refractivity contribution < 1.29 is 4.39 Å². The van der Waals surface area contributed by atoms with Crippen LogP contribution in [0.5, 0.6) is 0 Å². The standard InChI is InChI=1S/C15H15FN4S/c16-12-8-6-11(7-9-12)14-19-20-13(17-18-15(20)21-14)10-4-2-1-3-5-10/h6-10H,1-5H2. The topological polar surface area (TPSA) is 43.1 Å². The second kappa shape index (κ2) is 5.18. The van der Waals surface area contributed by atoms with Gasteiger partial charge in [-0.15, -0.1) is 10.2 Å². The number of hydrogen-bond acceptors (Lipinski definition) is 4. The van der Waals surface area contributed by atoms with Crippen LogP contribution in [0.4, 0.5) is 4.39 Å². The number of benzene rings is 1. The molecule has 4 rings (SSSR count). The molecule has 3 aromatic rings. The predicted molar refractivity (Wildman–Crippen MR) is 79.9 cm³/mol. The summed E-state index contributed by atoms with van der Waals surface area (Å²) in [6.45, 7) is 0. The molecule has 0 spiro atoms. The van der Waals surface area contributed by atoms with Crippen molar-refractivity contribution in [1.29, 1.82) is 0 Å². The molecule has 1 aliphatic rings. The predicted octanol–water partition coefficient (Wildman–Crippen LogP) is 4.04. The van der Waals surface area contributed by atoms with E-state index in [9.17, 15) is 4.39 Å². The fourth-order valence-electron chi connectivity index (χ4n) is 2.96. The van der Waals surface area contributed by atoms with Gasteiger partial charge in [-0.3, -0.25) is 0 Å². The highest BCUT2D eigenvalue weighted by Gasteiger charge is 2.23. The Morgan fingerprint density at radius 3 is 2.57 bits per heavy atom. The molecule has 1 fully saturated rings. The monoisotopic (exact) mass is 302 g/mol. The average molecular weight is 302 g/mol. The minimum Gasteiger partial charge on any atom is -0.207 e. The molecule has 0 atom stereocenters. The Kier molecular flexibility index (Phi) is 3.18. The third kappa shape index (κ3) is 2.33. The lowest BCUT2D eigenvalue weighted by Crippen LogP contribution is -2.09. The number of rotatable bonds is 2. The van der Waals surface area contributed by atoms with Crippen LogP contribution in [-0.4, -0.2) is 19.8 Å². The largest absolute Gasteiger partial charge is 0.234 e. The maximum atomic E-state index is 13.0. The zero-order valence-electron chi connectivity index (χ0n) is 11.5. The average Bonchev–Trinajstić information content (AvgIpc) is 3.09. The van der Waals surface area contributed by atoms with E-state index >= 15 is 0 Å². The van der Waals surface area contributed by atoms with Crippen molar-refractivity contribution in [3.63, 3.8) is 0 Å². The van der Waals surface area contributed by atoms with Gasteiger partial charge in [0, 0.05) is 11.5 Å². The Hall–Kier alpha value is -1.82. The Balaban J connectivity index is 1.73. The summed E-state index contributed by atoms with van der Waals surface area (Å²) in [7, 11) is 0. The van der Waals surface area contributed by atoms with E-state index in [0.29, 0.717) is 5.92 Å². The first kappa shape index (κ1) is 12.9. The maximum absolute atomic E-state index is 13.0. The van der Waals surface area contributed by atoms with Gasteiger partial charge in [-0.2, -0.15) is 9.61 Å². The van der Waals surface area contributed by atoms with Crippen LogP contribution >= 0.6 is 11.3 Å². The zero-order chi connectivity index (χ0) is 14.2. The smallest absolute Gasteiger partial charge is 0.207 e. The molecule has 0 bridgehead atoms. The van der Waals surface area contributed by atoms with Gasteiger partial charge in [-0.25, -0.2) is 4.39 Å². The van der Waals surface area contributed by atoms with E-state index in [-0.39, 0.29) is 5.82 Å². The van der Waals surface area contributed by atoms with E-state index < -0.39 is 0 Å². The quantitative estimate of drug-likeness (QED) is 0.717. The van der Waals surface area contributed by atoms with E-state index in [2.05, 4.69) is 15.3 Å². The van der Waals surface area contributed by atoms with Crippen LogP contribution < -0.4 is 0 Å². The van der Waals surface area contributed by atoms with E-state index in [1.807, 2.05) is 4.52 Å². The highest BCUT2D eigenvalue weighted by atomic mass is 32.1. The van der Waals surface area contributed by atoms with E-state index in [4.69, 9.17) is 0 Å². The molecule has 1 aromatic carbocycles. The van der Waals surface area contributed by atoms with Crippen molar-refractivity contribution in [1.82, 2.24) is 19.8 Å². The van der Waals surface area contributed by atoms with Crippen LogP contribution in [0.15, 0.2) is 24.3 Å². The fraction of sp³-hybridized carbons (Fsp3) is 0.400. The molecule has 0 radical (unpaired) electrons. The van der Waals surface area contributed by atoms with Crippen molar-refractivity contribution >= 4 is 16.3 Å². The molecule has 108 valence electrons. The zero-order valence-corrected chi connectivity index (χ0v) is 12.3. The summed E-state index contributed by atoms with van der Waals surface area (Å²) in [5.74, 6) is 1.22. The van der Waals surface area contributed by atoms with Crippen LogP contribution in [0, 0.1) is 5.82 Å². The second-order valence-electron chi connectivity index (χ2n) is 5.50. The summed E-state index contributed by atoms with van der Waals surface area (Å²) < 4.78 is 14.9. The summed E-state index contributed by atoms with van der Waals surface area (Å²) in [6, 6.07) is 6.42. The van der Waals surface area contributed by atoms with Crippen molar-refractivity contribution in [2.45, 2.75) is 38.0 Å². The molecule has 1 aliphatic carbocycles. The summed E-state index contributed by atoms with van der Waals surface area (Å²) >= 11 is 1.50. The third-order valence-corrected chi connectivity index (χ3v) is 5.02. The van der Waals surface area contributed by atoms with Crippen molar-refractivity contribution in [3.8, 4) is 10.6 Å². The van der Waals surface area contributed by atoms with Gasteiger partial charge >= 0.3 is 0 Å². The normalized spacial score (nSPS) is 16.6. The Labute approximate surface area is 125 Å². The number of nitrogens with zero attached hydrogens (tertiary/aromatic N) is 4. The maximum Gasteiger partial charge on any atom is 0.234 e. The molecule has 0 N–H and O–H groups in total. The highest BCUT2D eigenvalue weighted by Crippen LogP contribution is 2.33. The van der Waals surface area contributed by atoms with Gasteiger partial charge in [0.25, 0.3) is 0 Å². The van der Waals surface area contributed by atoms with Crippen LogP contribution in [0.2, 0.25) is 0 Å². The van der Waals surface area contributed by atoms with E-state index in [0.717, 1.165) is 21.4 Å². The third-order valence-electron chi connectivity index (χ3n) is 4.08. The van der Waals surface area contributed by atoms with Gasteiger partial charge < -0.3 is 0 Å². The van der Waals surface area contributed by atoms with Crippen molar-refractivity contribution in [2.75, 3.05) is 0 Å². The summed E-state index contributed by atoms with van der Waals surface area (Å²) in [4.78, 5) is 0.815. The molecular formula is C15H15FN4S. The SMILES string of the molecule is Fc1ccc(-c2nn3c(C4CCCCC4)nnc3s2)cc1. The van der Waals surface area contributed by atoms with Gasteiger partial charge in [0.05, 0.1) is 0 Å². The van der Waals surface area contributed by atoms with Crippen molar-refractivity contribution in [2.24, 2.45) is 0 Å². The number of aromatic nitrogens is 4. The van der Waals surface area contributed by atoms with Crippen LogP contribution in [0.3, 0.4) is 0 Å². The molecule has 0 amide bonds. The van der Waals surface area contributed by atoms with Crippen LogP contribution in [0.1, 0.15) is 43.8 Å². The molecule has 21 heavy (non-hydrogen) atoms. The Bertz CT molecular complexity index is 756. The van der Waals surface area contributed by atoms with E-state index in [1.165, 1.54) is 55.6 Å². The van der Waals surface area contributed by atoms with Gasteiger partial charge in [0.1, 0.15) is 10.8 Å². The number of halogens is 1. The lowest BCUT2D eigenvalue weighted by Gasteiger charge is -2.18. The minimum absolute atomic E-state index is 0.232. The Morgan fingerprint density at radius 2 is 1.81 bits per heavy atom. The molecule has 0 unspecified atom stereocenters. The number of hydrogen-bond donors (Lipinski definition) is 0. The molecular weight excluding hydrogens is 287 g/mol. The van der Waals surface area contributed by atoms with Gasteiger partial charge in [0.15, 0.2) is 5.82 Å². The molecule has 0 saturated heterocycles. The summed E-state index contributed by atoms with van der Waals surface area (Å²) in [6.07, 6.45) is 6.17. The molecule has 1 saturated carbocycles. The Morgan fingerprint density at radius 1 is 1.05 bits per heavy atom. The highest BCUT2D eigenvalue weighted by molar-refractivity contribution is 7.19. The number of fused-ring (bicyclic) bond motifs is 1. The van der Waals surface area contributed by atoms with Crippen LogP contribution in [0.25, 0.3) is 15.5 Å². The summed E-state index contributed by atoms with van der Waals surface area (Å²) in [5.41, 5.74) is 0.918. The molecule has 0 aliphatic heterocycles. The van der Waals surface area contributed by atoms with Gasteiger partial charge in [-0.05, 0) is 37.1 Å². The summed E-state index contributed by atoms with van der Waals surface area (Å²) in [5, 5.41) is 14.1. The van der Waals surface area contributed by atoms with Crippen molar-refractivity contribution in [3.05, 3.63) is 35.9 Å². The molecule has 2 heterocycles. The molecule has 4 nitrogen and oxygen atoms in total. The lowest BCUT2D eigenvalue weighted by molar-refractivity contribution is 0.423. The van der Waals surface area contributed by atoms with E-state index in [1.54, 1.807) is 12.1 Å². The van der Waals surface area contributed by atoms with Crippen LogP contribution in [-0.2, 0) is 0 Å². The first-order chi connectivity index (χ1) is 10.3. The van der Waals surface area contributed by atoms with Gasteiger partial charge in [0.2, 0.25) is 4.96 Å². The lowest BCUT2D eigenvalue weighted by atomic mass is 9.89. The molecule has 2 aromatic heterocycles. The van der Waals surface area contributed by atoms with Gasteiger partial charge in [-0.1, -0.05) is 30.6 Å². The first-order valence-electron chi connectivity index (χ1n) is 7.29. The fourth-order valence-corrected chi connectivity index (χ4v) is 3.81. The second-order valence-corrected chi connectivity index (χ2v) is 6.46.